The molecule has 0 saturated carbocycles. The SMILES string of the molecule is CCCCCc1ccc(C#CC2c3ccccc3C=C(c3ccccc3)N2c2ccccc2)cc1. The van der Waals surface area contributed by atoms with Gasteiger partial charge in [-0.1, -0.05) is 117 Å². The van der Waals surface area contributed by atoms with E-state index in [1.54, 1.807) is 0 Å². The molecule has 0 fully saturated rings. The van der Waals surface area contributed by atoms with Gasteiger partial charge < -0.3 is 4.90 Å². The maximum Gasteiger partial charge on any atom is 0.121 e. The van der Waals surface area contributed by atoms with Crippen LogP contribution in [0.3, 0.4) is 0 Å². The summed E-state index contributed by atoms with van der Waals surface area (Å²) in [5.41, 5.74) is 8.42. The van der Waals surface area contributed by atoms with Crippen molar-refractivity contribution in [2.75, 3.05) is 4.90 Å². The number of unbranched alkanes of at least 4 members (excludes halogenated alkanes) is 2. The number of benzene rings is 4. The highest BCUT2D eigenvalue weighted by molar-refractivity contribution is 5.94. The number of anilines is 1. The van der Waals surface area contributed by atoms with E-state index in [2.05, 4.69) is 139 Å². The molecule has 1 atom stereocenters. The van der Waals surface area contributed by atoms with Crippen LogP contribution >= 0.6 is 0 Å². The molecule has 1 aliphatic rings. The largest absolute Gasteiger partial charge is 0.322 e. The van der Waals surface area contributed by atoms with Gasteiger partial charge in [-0.05, 0) is 65.4 Å². The summed E-state index contributed by atoms with van der Waals surface area (Å²) in [6.45, 7) is 2.25. The van der Waals surface area contributed by atoms with Gasteiger partial charge in [0, 0.05) is 11.3 Å². The molecule has 172 valence electrons. The molecule has 4 aromatic rings. The first kappa shape index (κ1) is 22.8. The first-order valence-corrected chi connectivity index (χ1v) is 12.6. The van der Waals surface area contributed by atoms with Crippen molar-refractivity contribution in [3.05, 3.63) is 137 Å². The van der Waals surface area contributed by atoms with Gasteiger partial charge in [-0.25, -0.2) is 0 Å². The third-order valence-electron chi connectivity index (χ3n) is 6.58. The molecule has 1 aliphatic heterocycles. The molecule has 4 aromatic carbocycles. The van der Waals surface area contributed by atoms with Crippen molar-refractivity contribution < 1.29 is 0 Å². The molecule has 0 aromatic heterocycles. The lowest BCUT2D eigenvalue weighted by atomic mass is 9.91. The fourth-order valence-corrected chi connectivity index (χ4v) is 4.72. The van der Waals surface area contributed by atoms with Crippen LogP contribution in [0.25, 0.3) is 11.8 Å². The van der Waals surface area contributed by atoms with Gasteiger partial charge >= 0.3 is 0 Å². The van der Waals surface area contributed by atoms with E-state index in [1.807, 2.05) is 0 Å². The zero-order valence-electron chi connectivity index (χ0n) is 20.3. The average molecular weight is 454 g/mol. The molecule has 35 heavy (non-hydrogen) atoms. The smallest absolute Gasteiger partial charge is 0.121 e. The summed E-state index contributed by atoms with van der Waals surface area (Å²) in [4.78, 5) is 2.38. The van der Waals surface area contributed by atoms with Gasteiger partial charge in [0.05, 0.1) is 5.70 Å². The highest BCUT2D eigenvalue weighted by atomic mass is 15.2. The summed E-state index contributed by atoms with van der Waals surface area (Å²) in [6, 6.07) is 38.6. The Balaban J connectivity index is 1.55. The van der Waals surface area contributed by atoms with Gasteiger partial charge in [-0.3, -0.25) is 0 Å². The first-order chi connectivity index (χ1) is 17.3. The lowest BCUT2D eigenvalue weighted by Crippen LogP contribution is -2.29. The van der Waals surface area contributed by atoms with E-state index in [0.29, 0.717) is 0 Å². The molecule has 1 nitrogen and oxygen atoms in total. The van der Waals surface area contributed by atoms with Crippen molar-refractivity contribution in [3.63, 3.8) is 0 Å². The van der Waals surface area contributed by atoms with Gasteiger partial charge in [0.2, 0.25) is 0 Å². The Labute approximate surface area is 209 Å². The van der Waals surface area contributed by atoms with Gasteiger partial charge in [-0.15, -0.1) is 0 Å². The first-order valence-electron chi connectivity index (χ1n) is 12.6. The summed E-state index contributed by atoms with van der Waals surface area (Å²) in [5.74, 6) is 7.15. The normalized spacial score (nSPS) is 14.5. The van der Waals surface area contributed by atoms with Crippen molar-refractivity contribution in [2.24, 2.45) is 0 Å². The number of rotatable bonds is 6. The molecule has 0 spiro atoms. The van der Waals surface area contributed by atoms with Crippen molar-refractivity contribution in [3.8, 4) is 11.8 Å². The maximum absolute atomic E-state index is 3.65. The van der Waals surface area contributed by atoms with E-state index < -0.39 is 0 Å². The third kappa shape index (κ3) is 5.23. The molecule has 0 bridgehead atoms. The van der Waals surface area contributed by atoms with Crippen LogP contribution in [0.15, 0.2) is 109 Å². The Hall–Kier alpha value is -4.02. The van der Waals surface area contributed by atoms with Gasteiger partial charge in [0.1, 0.15) is 6.04 Å². The van der Waals surface area contributed by atoms with Crippen molar-refractivity contribution in [1.82, 2.24) is 0 Å². The van der Waals surface area contributed by atoms with Crippen LogP contribution in [-0.4, -0.2) is 0 Å². The van der Waals surface area contributed by atoms with Crippen LogP contribution < -0.4 is 4.90 Å². The van der Waals surface area contributed by atoms with E-state index >= 15 is 0 Å². The zero-order chi connectivity index (χ0) is 23.9. The minimum atomic E-state index is -0.0852. The Kier molecular flexibility index (Phi) is 7.11. The second kappa shape index (κ2) is 10.9. The molecule has 0 saturated heterocycles. The molecule has 0 aliphatic carbocycles. The van der Waals surface area contributed by atoms with Crippen molar-refractivity contribution in [1.29, 1.82) is 0 Å². The minimum Gasteiger partial charge on any atom is -0.322 e. The van der Waals surface area contributed by atoms with Crippen LogP contribution in [-0.2, 0) is 6.42 Å². The van der Waals surface area contributed by atoms with Crippen molar-refractivity contribution >= 4 is 17.5 Å². The fraction of sp³-hybridized carbons (Fsp3) is 0.176. The minimum absolute atomic E-state index is 0.0852. The van der Waals surface area contributed by atoms with Crippen LogP contribution in [0, 0.1) is 11.8 Å². The van der Waals surface area contributed by atoms with Gasteiger partial charge in [0.15, 0.2) is 0 Å². The lowest BCUT2D eigenvalue weighted by Gasteiger charge is -2.37. The predicted molar refractivity (Wildman–Crippen MR) is 149 cm³/mol. The number of hydrogen-bond donors (Lipinski definition) is 0. The standard InChI is InChI=1S/C34H31N/c1-2-3-6-13-27-20-22-28(23-21-27)24-25-33-32-19-12-11-16-30(32)26-34(29-14-7-4-8-15-29)35(33)31-17-9-5-10-18-31/h4-5,7-12,14-23,26,33H,2-3,6,13H2,1H3. The van der Waals surface area contributed by atoms with Crippen molar-refractivity contribution in [2.45, 2.75) is 38.6 Å². The number of para-hydroxylation sites is 1. The number of aryl methyl sites for hydroxylation is 1. The summed E-state index contributed by atoms with van der Waals surface area (Å²) in [5, 5.41) is 0. The van der Waals surface area contributed by atoms with E-state index in [4.69, 9.17) is 0 Å². The second-order valence-corrected chi connectivity index (χ2v) is 9.06. The Bertz CT molecular complexity index is 1340. The number of nitrogens with zero attached hydrogens (tertiary/aromatic N) is 1. The third-order valence-corrected chi connectivity index (χ3v) is 6.58. The summed E-state index contributed by atoms with van der Waals surface area (Å²) >= 11 is 0. The molecule has 1 unspecified atom stereocenters. The molecule has 0 radical (unpaired) electrons. The van der Waals surface area contributed by atoms with E-state index in [0.717, 1.165) is 17.7 Å². The number of hydrogen-bond acceptors (Lipinski definition) is 1. The quantitative estimate of drug-likeness (QED) is 0.209. The van der Waals surface area contributed by atoms with Gasteiger partial charge in [-0.2, -0.15) is 0 Å². The summed E-state index contributed by atoms with van der Waals surface area (Å²) in [6.07, 6.45) is 7.23. The highest BCUT2D eigenvalue weighted by Crippen LogP contribution is 2.41. The second-order valence-electron chi connectivity index (χ2n) is 9.06. The van der Waals surface area contributed by atoms with E-state index in [9.17, 15) is 0 Å². The molecule has 5 rings (SSSR count). The highest BCUT2D eigenvalue weighted by Gasteiger charge is 2.29. The predicted octanol–water partition coefficient (Wildman–Crippen LogP) is 8.53. The van der Waals surface area contributed by atoms with E-state index in [-0.39, 0.29) is 6.04 Å². The Morgan fingerprint density at radius 2 is 1.40 bits per heavy atom. The zero-order valence-corrected chi connectivity index (χ0v) is 20.3. The fourth-order valence-electron chi connectivity index (χ4n) is 4.72. The molecular formula is C34H31N. The average Bonchev–Trinajstić information content (AvgIpc) is 2.93. The van der Waals surface area contributed by atoms with Gasteiger partial charge in [0.25, 0.3) is 0 Å². The molecule has 0 amide bonds. The van der Waals surface area contributed by atoms with E-state index in [1.165, 1.54) is 47.2 Å². The lowest BCUT2D eigenvalue weighted by molar-refractivity contribution is 0.717. The van der Waals surface area contributed by atoms with Crippen LogP contribution in [0.4, 0.5) is 5.69 Å². The Morgan fingerprint density at radius 1 is 0.714 bits per heavy atom. The number of fused-ring (bicyclic) bond motifs is 1. The molecule has 0 N–H and O–H groups in total. The monoisotopic (exact) mass is 453 g/mol. The van der Waals surface area contributed by atoms with Crippen LogP contribution in [0.1, 0.15) is 60.0 Å². The summed E-state index contributed by atoms with van der Waals surface area (Å²) in [7, 11) is 0. The topological polar surface area (TPSA) is 3.24 Å². The maximum atomic E-state index is 3.65. The van der Waals surface area contributed by atoms with Crippen LogP contribution in [0.5, 0.6) is 0 Å². The summed E-state index contributed by atoms with van der Waals surface area (Å²) < 4.78 is 0. The molecule has 1 heteroatoms. The molecular weight excluding hydrogens is 422 g/mol. The van der Waals surface area contributed by atoms with Crippen LogP contribution in [0.2, 0.25) is 0 Å². The molecule has 1 heterocycles. The Morgan fingerprint density at radius 3 is 2.14 bits per heavy atom.